The standard InChI is InChI=1S/C44H42BN6O5S/c1-29-6-15-35(16-7-29)57(54,55)51-40(33-10-8-31(9-11-33)26-48-18-20-49(21-19-48)45-27-52)25-38-42(46-28-47-43(38)51)36-4-3-5-39(30(36)2)50-22-23-56-41-24-34(32-12-13-32)14-17-37(41)44(50)53/h3-11,14-17,24-25,27-28,32H,12-13,18-23,26H2,1-2H3. The zero-order valence-electron chi connectivity index (χ0n) is 32.0. The zero-order chi connectivity index (χ0) is 39.3. The van der Waals surface area contributed by atoms with E-state index in [9.17, 15) is 18.0 Å². The Morgan fingerprint density at radius 2 is 1.63 bits per heavy atom. The number of aromatic nitrogens is 3. The van der Waals surface area contributed by atoms with Crippen molar-refractivity contribution >= 4 is 46.3 Å². The van der Waals surface area contributed by atoms with Crippen LogP contribution in [0.3, 0.4) is 0 Å². The van der Waals surface area contributed by atoms with E-state index < -0.39 is 10.0 Å². The third-order valence-electron chi connectivity index (χ3n) is 11.4. The smallest absolute Gasteiger partial charge is 0.293 e. The van der Waals surface area contributed by atoms with Gasteiger partial charge in [0.1, 0.15) is 18.7 Å². The van der Waals surface area contributed by atoms with Crippen LogP contribution in [0.4, 0.5) is 5.69 Å². The molecular formula is C44H42BN6O5S. The van der Waals surface area contributed by atoms with Crippen molar-refractivity contribution < 1.29 is 22.7 Å². The van der Waals surface area contributed by atoms with Crippen molar-refractivity contribution in [3.63, 3.8) is 0 Å². The lowest BCUT2D eigenvalue weighted by molar-refractivity contribution is 0.0989. The molecule has 11 nitrogen and oxygen atoms in total. The molecule has 1 aliphatic carbocycles. The van der Waals surface area contributed by atoms with E-state index in [1.807, 2.05) is 85.4 Å². The molecule has 1 saturated carbocycles. The Morgan fingerprint density at radius 3 is 2.37 bits per heavy atom. The Morgan fingerprint density at radius 1 is 0.860 bits per heavy atom. The Balaban J connectivity index is 1.11. The van der Waals surface area contributed by atoms with Crippen LogP contribution in [0.25, 0.3) is 33.5 Å². The molecule has 4 aromatic carbocycles. The van der Waals surface area contributed by atoms with Crippen molar-refractivity contribution in [2.75, 3.05) is 44.2 Å². The lowest BCUT2D eigenvalue weighted by atomic mass is 9.93. The molecule has 287 valence electrons. The van der Waals surface area contributed by atoms with E-state index >= 15 is 0 Å². The normalized spacial score (nSPS) is 16.6. The van der Waals surface area contributed by atoms with Gasteiger partial charge in [-0.15, -0.1) is 0 Å². The van der Waals surface area contributed by atoms with E-state index in [-0.39, 0.29) is 16.4 Å². The average molecular weight is 778 g/mol. The number of ether oxygens (including phenoxy) is 1. The quantitative estimate of drug-likeness (QED) is 0.114. The maximum Gasteiger partial charge on any atom is 0.293 e. The molecule has 9 rings (SSSR count). The zero-order valence-corrected chi connectivity index (χ0v) is 32.8. The molecule has 2 aliphatic heterocycles. The molecule has 1 saturated heterocycles. The van der Waals surface area contributed by atoms with Crippen LogP contribution in [0.15, 0.2) is 102 Å². The highest BCUT2D eigenvalue weighted by Gasteiger charge is 2.31. The van der Waals surface area contributed by atoms with E-state index in [0.29, 0.717) is 52.7 Å². The van der Waals surface area contributed by atoms with Crippen molar-refractivity contribution in [2.24, 2.45) is 0 Å². The number of carbonyl (C=O) groups is 2. The molecule has 2 fully saturated rings. The first-order chi connectivity index (χ1) is 27.7. The van der Waals surface area contributed by atoms with Crippen molar-refractivity contribution in [1.29, 1.82) is 0 Å². The van der Waals surface area contributed by atoms with Crippen molar-refractivity contribution in [3.8, 4) is 28.3 Å². The first kappa shape index (κ1) is 37.0. The predicted molar refractivity (Wildman–Crippen MR) is 222 cm³/mol. The Kier molecular flexibility index (Phi) is 9.76. The molecule has 3 aliphatic rings. The predicted octanol–water partition coefficient (Wildman–Crippen LogP) is 6.46. The third kappa shape index (κ3) is 7.04. The number of fused-ring (bicyclic) bond motifs is 2. The van der Waals surface area contributed by atoms with Gasteiger partial charge < -0.3 is 19.2 Å². The van der Waals surface area contributed by atoms with Gasteiger partial charge in [-0.1, -0.05) is 60.2 Å². The maximum absolute atomic E-state index is 14.6. The van der Waals surface area contributed by atoms with Gasteiger partial charge in [0.25, 0.3) is 23.3 Å². The van der Waals surface area contributed by atoms with E-state index in [0.717, 1.165) is 66.9 Å². The highest BCUT2D eigenvalue weighted by molar-refractivity contribution is 7.90. The van der Waals surface area contributed by atoms with E-state index in [1.165, 1.54) is 28.7 Å². The summed E-state index contributed by atoms with van der Waals surface area (Å²) in [4.78, 5) is 40.7. The highest BCUT2D eigenvalue weighted by atomic mass is 32.2. The summed E-state index contributed by atoms with van der Waals surface area (Å²) in [5, 5.41) is 0.570. The van der Waals surface area contributed by atoms with Gasteiger partial charge in [-0.25, -0.2) is 22.4 Å². The number of aryl methyl sites for hydroxylation is 1. The molecule has 0 N–H and O–H groups in total. The third-order valence-corrected chi connectivity index (χ3v) is 13.1. The fourth-order valence-corrected chi connectivity index (χ4v) is 9.54. The highest BCUT2D eigenvalue weighted by Crippen LogP contribution is 2.43. The molecule has 1 radical (unpaired) electrons. The largest absolute Gasteiger partial charge is 0.491 e. The van der Waals surface area contributed by atoms with E-state index in [4.69, 9.17) is 9.72 Å². The number of benzene rings is 4. The van der Waals surface area contributed by atoms with Crippen molar-refractivity contribution in [1.82, 2.24) is 23.7 Å². The lowest BCUT2D eigenvalue weighted by Gasteiger charge is -2.33. The van der Waals surface area contributed by atoms with Gasteiger partial charge in [0, 0.05) is 49.4 Å². The maximum atomic E-state index is 14.6. The molecule has 0 spiro atoms. The number of hydrogen-bond acceptors (Lipinski definition) is 9. The van der Waals surface area contributed by atoms with E-state index in [1.54, 1.807) is 36.6 Å². The van der Waals surface area contributed by atoms with Gasteiger partial charge in [0.2, 0.25) is 0 Å². The van der Waals surface area contributed by atoms with Gasteiger partial charge in [-0.3, -0.25) is 9.69 Å². The topological polar surface area (TPSA) is 118 Å². The van der Waals surface area contributed by atoms with Crippen LogP contribution in [0.1, 0.15) is 51.4 Å². The van der Waals surface area contributed by atoms with Gasteiger partial charge >= 0.3 is 0 Å². The minimum atomic E-state index is -4.12. The van der Waals surface area contributed by atoms with Crippen LogP contribution in [0, 0.1) is 13.8 Å². The summed E-state index contributed by atoms with van der Waals surface area (Å²) < 4.78 is 36.7. The van der Waals surface area contributed by atoms with Crippen LogP contribution in [0.5, 0.6) is 5.75 Å². The van der Waals surface area contributed by atoms with Gasteiger partial charge in [-0.2, -0.15) is 0 Å². The van der Waals surface area contributed by atoms with Gasteiger partial charge in [0.15, 0.2) is 5.65 Å². The van der Waals surface area contributed by atoms with Gasteiger partial charge in [0.05, 0.1) is 34.6 Å². The number of carbonyl (C=O) groups excluding carboxylic acids is 2. The SMILES string of the molecule is Cc1ccc(S(=O)(=O)n2c(-c3ccc(CN4CCN([B]C=O)CC4)cc3)cc3c(-c4cccc(N5CCOc6cc(C7CC7)ccc6C5=O)c4C)ncnc32)cc1. The number of piperazine rings is 1. The number of amides is 1. The molecule has 0 bridgehead atoms. The van der Waals surface area contributed by atoms with Crippen LogP contribution in [-0.2, 0) is 21.4 Å². The second-order valence-electron chi connectivity index (χ2n) is 15.2. The fourth-order valence-electron chi connectivity index (χ4n) is 8.06. The Labute approximate surface area is 333 Å². The summed E-state index contributed by atoms with van der Waals surface area (Å²) in [5.41, 5.74) is 8.13. The van der Waals surface area contributed by atoms with E-state index in [2.05, 4.69) is 9.88 Å². The second-order valence-corrected chi connectivity index (χ2v) is 16.9. The minimum absolute atomic E-state index is 0.127. The molecule has 13 heteroatoms. The number of hydrogen-bond donors (Lipinski definition) is 0. The summed E-state index contributed by atoms with van der Waals surface area (Å²) in [5.74, 6) is 1.05. The van der Waals surface area contributed by atoms with Crippen LogP contribution in [-0.4, -0.2) is 90.9 Å². The summed E-state index contributed by atoms with van der Waals surface area (Å²) in [6.45, 7) is 8.61. The summed E-state index contributed by atoms with van der Waals surface area (Å²) >= 11 is 0. The van der Waals surface area contributed by atoms with Crippen molar-refractivity contribution in [2.45, 2.75) is 44.0 Å². The minimum Gasteiger partial charge on any atom is -0.491 e. The monoisotopic (exact) mass is 777 g/mol. The molecular weight excluding hydrogens is 735 g/mol. The molecule has 0 unspecified atom stereocenters. The van der Waals surface area contributed by atoms with Crippen LogP contribution >= 0.6 is 0 Å². The number of nitrogens with zero attached hydrogens (tertiary/aromatic N) is 6. The Bertz CT molecular complexity index is 2620. The second kappa shape index (κ2) is 15.0. The van der Waals surface area contributed by atoms with Crippen LogP contribution < -0.4 is 9.64 Å². The molecule has 4 heterocycles. The molecule has 57 heavy (non-hydrogen) atoms. The molecule has 0 atom stereocenters. The summed E-state index contributed by atoms with van der Waals surface area (Å²) in [7, 11) is -2.52. The summed E-state index contributed by atoms with van der Waals surface area (Å²) in [6, 6.07) is 28.4. The first-order valence-electron chi connectivity index (χ1n) is 19.4. The molecule has 6 aromatic rings. The number of rotatable bonds is 10. The fraction of sp³-hybridized carbons (Fsp3) is 0.273. The van der Waals surface area contributed by atoms with Crippen molar-refractivity contribution in [3.05, 3.63) is 125 Å². The average Bonchev–Trinajstić information content (AvgIpc) is 4.02. The molecule has 1 amide bonds. The van der Waals surface area contributed by atoms with Gasteiger partial charge in [-0.05, 0) is 91.3 Å². The molecule has 2 aromatic heterocycles. The van der Waals surface area contributed by atoms with Crippen LogP contribution in [0.2, 0.25) is 0 Å². The number of anilines is 1. The lowest BCUT2D eigenvalue weighted by Crippen LogP contribution is -2.47. The first-order valence-corrected chi connectivity index (χ1v) is 20.9. The Hall–Kier alpha value is -5.63. The summed E-state index contributed by atoms with van der Waals surface area (Å²) in [6.07, 6.45) is 4.57.